The van der Waals surface area contributed by atoms with Gasteiger partial charge >= 0.3 is 5.97 Å². The number of thiophene rings is 1. The first-order valence-corrected chi connectivity index (χ1v) is 4.55. The summed E-state index contributed by atoms with van der Waals surface area (Å²) in [6, 6.07) is 0. The molecule has 0 amide bonds. The van der Waals surface area contributed by atoms with Crippen LogP contribution in [0.3, 0.4) is 0 Å². The van der Waals surface area contributed by atoms with E-state index in [1.165, 1.54) is 0 Å². The summed E-state index contributed by atoms with van der Waals surface area (Å²) >= 11 is 6.76. The van der Waals surface area contributed by atoms with Crippen molar-refractivity contribution in [3.05, 3.63) is 15.3 Å². The fraction of sp³-hybridized carbons (Fsp3) is 0.286. The summed E-state index contributed by atoms with van der Waals surface area (Å²) in [5.74, 6) is -0.730. The Morgan fingerprint density at radius 3 is 3.00 bits per heavy atom. The standard InChI is InChI=1S/C7H7ClO3S/c1-2-11-5-4(8)3-12-6(5)7(9)10/h3H,2H2,1H3,(H,9,10). The molecule has 1 heterocycles. The van der Waals surface area contributed by atoms with Crippen molar-refractivity contribution in [1.82, 2.24) is 0 Å². The van der Waals surface area contributed by atoms with E-state index in [-0.39, 0.29) is 10.6 Å². The second-order valence-corrected chi connectivity index (χ2v) is 3.27. The zero-order valence-electron chi connectivity index (χ0n) is 6.33. The van der Waals surface area contributed by atoms with E-state index in [9.17, 15) is 4.79 Å². The van der Waals surface area contributed by atoms with Gasteiger partial charge in [-0.3, -0.25) is 0 Å². The quantitative estimate of drug-likeness (QED) is 0.827. The number of hydrogen-bond acceptors (Lipinski definition) is 3. The van der Waals surface area contributed by atoms with Gasteiger partial charge in [0.1, 0.15) is 0 Å². The SMILES string of the molecule is CCOc1c(Cl)csc1C(=O)O. The van der Waals surface area contributed by atoms with Gasteiger partial charge in [-0.1, -0.05) is 11.6 Å². The van der Waals surface area contributed by atoms with Crippen LogP contribution in [0.15, 0.2) is 5.38 Å². The zero-order valence-corrected chi connectivity index (χ0v) is 7.91. The molecule has 0 bridgehead atoms. The second-order valence-electron chi connectivity index (χ2n) is 1.98. The molecule has 1 N–H and O–H groups in total. The smallest absolute Gasteiger partial charge is 0.349 e. The van der Waals surface area contributed by atoms with Crippen molar-refractivity contribution in [2.45, 2.75) is 6.92 Å². The van der Waals surface area contributed by atoms with Gasteiger partial charge in [-0.15, -0.1) is 11.3 Å². The lowest BCUT2D eigenvalue weighted by Crippen LogP contribution is -1.98. The largest absolute Gasteiger partial charge is 0.491 e. The molecule has 12 heavy (non-hydrogen) atoms. The molecule has 1 aromatic rings. The van der Waals surface area contributed by atoms with Crippen molar-refractivity contribution in [2.75, 3.05) is 6.61 Å². The molecule has 0 saturated heterocycles. The molecule has 0 aliphatic carbocycles. The molecule has 66 valence electrons. The van der Waals surface area contributed by atoms with Crippen LogP contribution in [0.1, 0.15) is 16.6 Å². The first-order chi connectivity index (χ1) is 5.66. The predicted molar refractivity (Wildman–Crippen MR) is 47.5 cm³/mol. The van der Waals surface area contributed by atoms with Crippen LogP contribution >= 0.6 is 22.9 Å². The Morgan fingerprint density at radius 1 is 1.83 bits per heavy atom. The second kappa shape index (κ2) is 3.78. The van der Waals surface area contributed by atoms with Gasteiger partial charge in [0.15, 0.2) is 10.6 Å². The third-order valence-electron chi connectivity index (χ3n) is 1.19. The lowest BCUT2D eigenvalue weighted by molar-refractivity contribution is 0.0698. The molecule has 0 saturated carbocycles. The Morgan fingerprint density at radius 2 is 2.50 bits per heavy atom. The number of halogens is 1. The van der Waals surface area contributed by atoms with Crippen molar-refractivity contribution < 1.29 is 14.6 Å². The highest BCUT2D eigenvalue weighted by atomic mass is 35.5. The third kappa shape index (κ3) is 1.70. The summed E-state index contributed by atoms with van der Waals surface area (Å²) in [4.78, 5) is 10.7. The molecule has 0 fully saturated rings. The van der Waals surface area contributed by atoms with Gasteiger partial charge in [0, 0.05) is 5.38 Å². The Hall–Kier alpha value is -0.740. The molecule has 0 aliphatic heterocycles. The van der Waals surface area contributed by atoms with Gasteiger partial charge in [-0.2, -0.15) is 0 Å². The molecule has 0 radical (unpaired) electrons. The number of ether oxygens (including phenoxy) is 1. The van der Waals surface area contributed by atoms with Crippen LogP contribution in [0.5, 0.6) is 5.75 Å². The van der Waals surface area contributed by atoms with Crippen LogP contribution < -0.4 is 4.74 Å². The highest BCUT2D eigenvalue weighted by Gasteiger charge is 2.16. The molecule has 5 heteroatoms. The van der Waals surface area contributed by atoms with Crippen molar-refractivity contribution >= 4 is 28.9 Å². The normalized spacial score (nSPS) is 9.83. The van der Waals surface area contributed by atoms with E-state index in [2.05, 4.69) is 0 Å². The van der Waals surface area contributed by atoms with Gasteiger partial charge < -0.3 is 9.84 Å². The van der Waals surface area contributed by atoms with E-state index < -0.39 is 5.97 Å². The molecule has 1 rings (SSSR count). The summed E-state index contributed by atoms with van der Waals surface area (Å²) in [5.41, 5.74) is 0. The van der Waals surface area contributed by atoms with E-state index >= 15 is 0 Å². The molecule has 1 aromatic heterocycles. The molecule has 3 nitrogen and oxygen atoms in total. The van der Waals surface area contributed by atoms with E-state index in [0.29, 0.717) is 11.6 Å². The molecule has 0 aromatic carbocycles. The van der Waals surface area contributed by atoms with Crippen molar-refractivity contribution in [2.24, 2.45) is 0 Å². The molecular weight excluding hydrogens is 200 g/mol. The number of carboxylic acid groups (broad SMARTS) is 1. The van der Waals surface area contributed by atoms with Crippen LogP contribution in [0, 0.1) is 0 Å². The van der Waals surface area contributed by atoms with E-state index in [4.69, 9.17) is 21.4 Å². The molecule has 0 atom stereocenters. The summed E-state index contributed by atoms with van der Waals surface area (Å²) in [5, 5.41) is 10.6. The Kier molecular flexibility index (Phi) is 2.94. The summed E-state index contributed by atoms with van der Waals surface area (Å²) in [7, 11) is 0. The van der Waals surface area contributed by atoms with Crippen LogP contribution in [0.4, 0.5) is 0 Å². The number of carboxylic acids is 1. The average Bonchev–Trinajstić information content (AvgIpc) is 2.34. The van der Waals surface area contributed by atoms with Gasteiger partial charge in [-0.05, 0) is 6.92 Å². The van der Waals surface area contributed by atoms with E-state index in [1.54, 1.807) is 12.3 Å². The van der Waals surface area contributed by atoms with Gasteiger partial charge in [0.2, 0.25) is 0 Å². The van der Waals surface area contributed by atoms with Crippen molar-refractivity contribution in [3.8, 4) is 5.75 Å². The number of rotatable bonds is 3. The van der Waals surface area contributed by atoms with Gasteiger partial charge in [-0.25, -0.2) is 4.79 Å². The number of aromatic carboxylic acids is 1. The minimum atomic E-state index is -1.00. The lowest BCUT2D eigenvalue weighted by atomic mass is 10.4. The number of hydrogen-bond donors (Lipinski definition) is 1. The fourth-order valence-corrected chi connectivity index (χ4v) is 1.80. The fourth-order valence-electron chi connectivity index (χ4n) is 0.753. The monoisotopic (exact) mass is 206 g/mol. The van der Waals surface area contributed by atoms with Crippen LogP contribution in [-0.4, -0.2) is 17.7 Å². The average molecular weight is 207 g/mol. The van der Waals surface area contributed by atoms with E-state index in [1.807, 2.05) is 0 Å². The minimum absolute atomic E-state index is 0.154. The van der Waals surface area contributed by atoms with Gasteiger partial charge in [0.05, 0.1) is 11.6 Å². The zero-order chi connectivity index (χ0) is 9.14. The Bertz CT molecular complexity index is 295. The Labute approximate surface area is 78.5 Å². The molecular formula is C7H7ClO3S. The van der Waals surface area contributed by atoms with Crippen molar-refractivity contribution in [1.29, 1.82) is 0 Å². The first-order valence-electron chi connectivity index (χ1n) is 3.30. The topological polar surface area (TPSA) is 46.5 Å². The predicted octanol–water partition coefficient (Wildman–Crippen LogP) is 2.50. The maximum atomic E-state index is 10.6. The van der Waals surface area contributed by atoms with Gasteiger partial charge in [0.25, 0.3) is 0 Å². The third-order valence-corrected chi connectivity index (χ3v) is 2.55. The highest BCUT2D eigenvalue weighted by molar-refractivity contribution is 7.13. The molecule has 0 aliphatic rings. The van der Waals surface area contributed by atoms with Crippen LogP contribution in [-0.2, 0) is 0 Å². The van der Waals surface area contributed by atoms with Crippen molar-refractivity contribution in [3.63, 3.8) is 0 Å². The Balaban J connectivity index is 3.03. The lowest BCUT2D eigenvalue weighted by Gasteiger charge is -2.01. The summed E-state index contributed by atoms with van der Waals surface area (Å²) in [6.07, 6.45) is 0. The number of carbonyl (C=O) groups is 1. The molecule has 0 unspecified atom stereocenters. The summed E-state index contributed by atoms with van der Waals surface area (Å²) < 4.78 is 5.07. The highest BCUT2D eigenvalue weighted by Crippen LogP contribution is 2.34. The maximum Gasteiger partial charge on any atom is 0.349 e. The van der Waals surface area contributed by atoms with Crippen LogP contribution in [0.2, 0.25) is 5.02 Å². The van der Waals surface area contributed by atoms with Crippen LogP contribution in [0.25, 0.3) is 0 Å². The minimum Gasteiger partial charge on any atom is -0.491 e. The summed E-state index contributed by atoms with van der Waals surface area (Å²) in [6.45, 7) is 2.19. The molecule has 0 spiro atoms. The maximum absolute atomic E-state index is 10.6. The van der Waals surface area contributed by atoms with E-state index in [0.717, 1.165) is 11.3 Å². The first kappa shape index (κ1) is 9.35.